The summed E-state index contributed by atoms with van der Waals surface area (Å²) in [4.78, 5) is 16.3. The van der Waals surface area contributed by atoms with Crippen molar-refractivity contribution in [2.75, 3.05) is 26.5 Å². The number of nitrogens with one attached hydrogen (secondary N) is 1. The van der Waals surface area contributed by atoms with Crippen molar-refractivity contribution in [3.8, 4) is 0 Å². The predicted octanol–water partition coefficient (Wildman–Crippen LogP) is 1.36. The van der Waals surface area contributed by atoms with E-state index >= 15 is 0 Å². The quantitative estimate of drug-likeness (QED) is 0.739. The zero-order chi connectivity index (χ0) is 10.6. The standard InChI is InChI=1S/C10H14N2O2/c1-11-9-6-4-8(5-7-9)10(13)12(2)14-3/h4-7,11H,1-3H3. The van der Waals surface area contributed by atoms with E-state index in [-0.39, 0.29) is 5.91 Å². The highest BCUT2D eigenvalue weighted by atomic mass is 16.7. The van der Waals surface area contributed by atoms with Gasteiger partial charge in [-0.15, -0.1) is 0 Å². The van der Waals surface area contributed by atoms with E-state index in [0.29, 0.717) is 5.56 Å². The highest BCUT2D eigenvalue weighted by Gasteiger charge is 2.09. The Bertz CT molecular complexity index is 308. The van der Waals surface area contributed by atoms with Crippen LogP contribution >= 0.6 is 0 Å². The fraction of sp³-hybridized carbons (Fsp3) is 0.300. The van der Waals surface area contributed by atoms with Gasteiger partial charge in [-0.05, 0) is 24.3 Å². The lowest BCUT2D eigenvalue weighted by molar-refractivity contribution is -0.0756. The van der Waals surface area contributed by atoms with Crippen LogP contribution in [0, 0.1) is 0 Å². The van der Waals surface area contributed by atoms with Crippen molar-refractivity contribution in [1.29, 1.82) is 0 Å². The van der Waals surface area contributed by atoms with Gasteiger partial charge in [0.25, 0.3) is 5.91 Å². The smallest absolute Gasteiger partial charge is 0.277 e. The van der Waals surface area contributed by atoms with Crippen LogP contribution in [0.3, 0.4) is 0 Å². The van der Waals surface area contributed by atoms with E-state index in [2.05, 4.69) is 5.32 Å². The lowest BCUT2D eigenvalue weighted by atomic mass is 10.2. The minimum atomic E-state index is -0.157. The summed E-state index contributed by atoms with van der Waals surface area (Å²) < 4.78 is 0. The molecule has 0 spiro atoms. The first-order valence-electron chi connectivity index (χ1n) is 4.29. The molecular formula is C10H14N2O2. The Morgan fingerprint density at radius 3 is 2.36 bits per heavy atom. The Labute approximate surface area is 83.4 Å². The fourth-order valence-corrected chi connectivity index (χ4v) is 1.04. The largest absolute Gasteiger partial charge is 0.388 e. The van der Waals surface area contributed by atoms with Crippen LogP contribution < -0.4 is 5.32 Å². The normalized spacial score (nSPS) is 9.64. The van der Waals surface area contributed by atoms with Crippen molar-refractivity contribution < 1.29 is 9.63 Å². The molecule has 1 aromatic rings. The van der Waals surface area contributed by atoms with Crippen LogP contribution in [0.5, 0.6) is 0 Å². The molecule has 0 unspecified atom stereocenters. The number of hydrogen-bond acceptors (Lipinski definition) is 3. The minimum absolute atomic E-state index is 0.157. The number of amides is 1. The maximum absolute atomic E-state index is 11.6. The van der Waals surface area contributed by atoms with Gasteiger partial charge in [0.2, 0.25) is 0 Å². The van der Waals surface area contributed by atoms with Crippen LogP contribution in [-0.4, -0.2) is 32.2 Å². The molecule has 1 amide bonds. The lowest BCUT2D eigenvalue weighted by Crippen LogP contribution is -2.25. The summed E-state index contributed by atoms with van der Waals surface area (Å²) >= 11 is 0. The number of carbonyl (C=O) groups excluding carboxylic acids is 1. The van der Waals surface area contributed by atoms with E-state index in [9.17, 15) is 4.79 Å². The van der Waals surface area contributed by atoms with E-state index < -0.39 is 0 Å². The molecule has 0 bridgehead atoms. The first-order valence-corrected chi connectivity index (χ1v) is 4.29. The number of rotatable bonds is 3. The van der Waals surface area contributed by atoms with Crippen molar-refractivity contribution in [3.63, 3.8) is 0 Å². The van der Waals surface area contributed by atoms with Gasteiger partial charge in [0.05, 0.1) is 7.11 Å². The van der Waals surface area contributed by atoms with Crippen LogP contribution in [0.1, 0.15) is 10.4 Å². The minimum Gasteiger partial charge on any atom is -0.388 e. The second-order valence-electron chi connectivity index (χ2n) is 2.81. The topological polar surface area (TPSA) is 41.6 Å². The Hall–Kier alpha value is -1.55. The summed E-state index contributed by atoms with van der Waals surface area (Å²) in [5.74, 6) is -0.157. The third-order valence-electron chi connectivity index (χ3n) is 1.98. The van der Waals surface area contributed by atoms with E-state index in [1.165, 1.54) is 12.2 Å². The highest BCUT2D eigenvalue weighted by molar-refractivity contribution is 5.93. The van der Waals surface area contributed by atoms with Gasteiger partial charge in [-0.1, -0.05) is 0 Å². The number of benzene rings is 1. The van der Waals surface area contributed by atoms with E-state index in [1.54, 1.807) is 19.2 Å². The average molecular weight is 194 g/mol. The molecule has 0 aliphatic carbocycles. The second kappa shape index (κ2) is 4.62. The van der Waals surface area contributed by atoms with Gasteiger partial charge >= 0.3 is 0 Å². The highest BCUT2D eigenvalue weighted by Crippen LogP contribution is 2.10. The van der Waals surface area contributed by atoms with Crippen LogP contribution in [-0.2, 0) is 4.84 Å². The number of carbonyl (C=O) groups is 1. The molecule has 0 heterocycles. The molecule has 0 aromatic heterocycles. The molecule has 0 fully saturated rings. The molecule has 1 rings (SSSR count). The zero-order valence-corrected chi connectivity index (χ0v) is 8.57. The van der Waals surface area contributed by atoms with Gasteiger partial charge in [-0.3, -0.25) is 9.63 Å². The molecule has 0 radical (unpaired) electrons. The summed E-state index contributed by atoms with van der Waals surface area (Å²) in [5, 5.41) is 4.17. The molecule has 14 heavy (non-hydrogen) atoms. The number of nitrogens with zero attached hydrogens (tertiary/aromatic N) is 1. The van der Waals surface area contributed by atoms with Crippen LogP contribution in [0.15, 0.2) is 24.3 Å². The first-order chi connectivity index (χ1) is 6.69. The van der Waals surface area contributed by atoms with Crippen molar-refractivity contribution in [1.82, 2.24) is 5.06 Å². The third-order valence-corrected chi connectivity index (χ3v) is 1.98. The summed E-state index contributed by atoms with van der Waals surface area (Å²) in [6.45, 7) is 0. The molecule has 4 heteroatoms. The van der Waals surface area contributed by atoms with Gasteiger partial charge < -0.3 is 5.32 Å². The fourth-order valence-electron chi connectivity index (χ4n) is 1.04. The lowest BCUT2D eigenvalue weighted by Gasteiger charge is -2.13. The first kappa shape index (κ1) is 10.5. The summed E-state index contributed by atoms with van der Waals surface area (Å²) in [5.41, 5.74) is 1.58. The number of hydroxylamine groups is 2. The molecule has 4 nitrogen and oxygen atoms in total. The maximum atomic E-state index is 11.6. The molecule has 0 aliphatic heterocycles. The van der Waals surface area contributed by atoms with E-state index in [0.717, 1.165) is 5.69 Å². The summed E-state index contributed by atoms with van der Waals surface area (Å²) in [7, 11) is 4.87. The molecule has 0 atom stereocenters. The maximum Gasteiger partial charge on any atom is 0.277 e. The molecule has 0 aliphatic rings. The van der Waals surface area contributed by atoms with Crippen molar-refractivity contribution in [2.24, 2.45) is 0 Å². The van der Waals surface area contributed by atoms with Gasteiger partial charge in [0.1, 0.15) is 0 Å². The molecule has 1 aromatic carbocycles. The van der Waals surface area contributed by atoms with E-state index in [4.69, 9.17) is 4.84 Å². The van der Waals surface area contributed by atoms with Gasteiger partial charge in [0, 0.05) is 25.3 Å². The predicted molar refractivity (Wildman–Crippen MR) is 55.1 cm³/mol. The molecule has 1 N–H and O–H groups in total. The molecule has 0 saturated heterocycles. The Balaban J connectivity index is 2.81. The second-order valence-corrected chi connectivity index (χ2v) is 2.81. The van der Waals surface area contributed by atoms with Crippen LogP contribution in [0.4, 0.5) is 5.69 Å². The third kappa shape index (κ3) is 2.23. The SMILES string of the molecule is CNc1ccc(C(=O)N(C)OC)cc1. The van der Waals surface area contributed by atoms with Crippen molar-refractivity contribution >= 4 is 11.6 Å². The molecule has 0 saturated carbocycles. The molecule has 76 valence electrons. The summed E-state index contributed by atoms with van der Waals surface area (Å²) in [6, 6.07) is 7.20. The van der Waals surface area contributed by atoms with Crippen LogP contribution in [0.2, 0.25) is 0 Å². The van der Waals surface area contributed by atoms with Gasteiger partial charge in [0.15, 0.2) is 0 Å². The molecular weight excluding hydrogens is 180 g/mol. The zero-order valence-electron chi connectivity index (χ0n) is 8.57. The number of anilines is 1. The van der Waals surface area contributed by atoms with Gasteiger partial charge in [-0.25, -0.2) is 5.06 Å². The van der Waals surface area contributed by atoms with E-state index in [1.807, 2.05) is 19.2 Å². The Kier molecular flexibility index (Phi) is 3.48. The number of hydrogen-bond donors (Lipinski definition) is 1. The van der Waals surface area contributed by atoms with Crippen molar-refractivity contribution in [3.05, 3.63) is 29.8 Å². The van der Waals surface area contributed by atoms with Crippen molar-refractivity contribution in [2.45, 2.75) is 0 Å². The Morgan fingerprint density at radius 2 is 1.93 bits per heavy atom. The average Bonchev–Trinajstić information content (AvgIpc) is 2.27. The monoisotopic (exact) mass is 194 g/mol. The van der Waals surface area contributed by atoms with Gasteiger partial charge in [-0.2, -0.15) is 0 Å². The van der Waals surface area contributed by atoms with Crippen LogP contribution in [0.25, 0.3) is 0 Å². The Morgan fingerprint density at radius 1 is 1.36 bits per heavy atom. The summed E-state index contributed by atoms with van der Waals surface area (Å²) in [6.07, 6.45) is 0.